The largest absolute Gasteiger partial charge is 0.497 e. The molecule has 1 heterocycles. The zero-order valence-electron chi connectivity index (χ0n) is 12.6. The SMILES string of the molecule is CCOC(=O)/C=C/c1ccc(-c2ccc(OC)cc2[N+](=O)[O-])o1. The molecule has 0 atom stereocenters. The predicted octanol–water partition coefficient (Wildman–Crippen LogP) is 3.44. The van der Waals surface area contributed by atoms with Crippen molar-refractivity contribution in [1.29, 1.82) is 0 Å². The molecule has 7 nitrogen and oxygen atoms in total. The number of carbonyl (C=O) groups is 1. The lowest BCUT2D eigenvalue weighted by molar-refractivity contribution is -0.384. The molecule has 0 bridgehead atoms. The first-order valence-electron chi connectivity index (χ1n) is 6.82. The van der Waals surface area contributed by atoms with Crippen molar-refractivity contribution < 1.29 is 23.6 Å². The van der Waals surface area contributed by atoms with Gasteiger partial charge in [0.15, 0.2) is 0 Å². The molecular formula is C16H15NO6. The number of carbonyl (C=O) groups excluding carboxylic acids is 1. The Labute approximate surface area is 132 Å². The first-order chi connectivity index (χ1) is 11.0. The van der Waals surface area contributed by atoms with Gasteiger partial charge in [0.05, 0.1) is 30.3 Å². The zero-order chi connectivity index (χ0) is 16.8. The minimum Gasteiger partial charge on any atom is -0.497 e. The summed E-state index contributed by atoms with van der Waals surface area (Å²) in [5.41, 5.74) is 0.200. The molecular weight excluding hydrogens is 302 g/mol. The van der Waals surface area contributed by atoms with Gasteiger partial charge >= 0.3 is 5.97 Å². The Morgan fingerprint density at radius 2 is 2.13 bits per heavy atom. The van der Waals surface area contributed by atoms with Gasteiger partial charge in [-0.15, -0.1) is 0 Å². The van der Waals surface area contributed by atoms with Gasteiger partial charge in [-0.3, -0.25) is 10.1 Å². The van der Waals surface area contributed by atoms with Crippen molar-refractivity contribution in [1.82, 2.24) is 0 Å². The monoisotopic (exact) mass is 317 g/mol. The average molecular weight is 317 g/mol. The van der Waals surface area contributed by atoms with Gasteiger partial charge in [0, 0.05) is 6.08 Å². The van der Waals surface area contributed by atoms with Gasteiger partial charge in [0.1, 0.15) is 17.3 Å². The third-order valence-electron chi connectivity index (χ3n) is 2.96. The van der Waals surface area contributed by atoms with E-state index in [0.29, 0.717) is 22.8 Å². The van der Waals surface area contributed by atoms with Gasteiger partial charge in [-0.2, -0.15) is 0 Å². The Balaban J connectivity index is 2.30. The molecule has 2 rings (SSSR count). The van der Waals surface area contributed by atoms with E-state index in [1.54, 1.807) is 31.2 Å². The molecule has 120 valence electrons. The molecule has 0 aliphatic rings. The summed E-state index contributed by atoms with van der Waals surface area (Å²) >= 11 is 0. The average Bonchev–Trinajstić information content (AvgIpc) is 3.01. The van der Waals surface area contributed by atoms with Crippen LogP contribution in [0.5, 0.6) is 5.75 Å². The van der Waals surface area contributed by atoms with E-state index in [0.717, 1.165) is 0 Å². The van der Waals surface area contributed by atoms with Gasteiger partial charge in [-0.1, -0.05) is 0 Å². The Morgan fingerprint density at radius 1 is 1.35 bits per heavy atom. The summed E-state index contributed by atoms with van der Waals surface area (Å²) in [6.45, 7) is 1.99. The normalized spacial score (nSPS) is 10.7. The van der Waals surface area contributed by atoms with E-state index < -0.39 is 10.9 Å². The van der Waals surface area contributed by atoms with E-state index in [4.69, 9.17) is 13.9 Å². The highest BCUT2D eigenvalue weighted by molar-refractivity contribution is 5.86. The topological polar surface area (TPSA) is 91.8 Å². The number of nitrogens with zero attached hydrogens (tertiary/aromatic N) is 1. The standard InChI is InChI=1S/C16H15NO6/c1-3-22-16(18)9-6-11-5-8-15(23-11)13-7-4-12(21-2)10-14(13)17(19)20/h4-10H,3H2,1-2H3/b9-6+. The maximum Gasteiger partial charge on any atom is 0.330 e. The molecule has 7 heteroatoms. The van der Waals surface area contributed by atoms with E-state index in [9.17, 15) is 14.9 Å². The first-order valence-corrected chi connectivity index (χ1v) is 6.82. The van der Waals surface area contributed by atoms with Crippen LogP contribution in [0.15, 0.2) is 40.8 Å². The number of hydrogen-bond donors (Lipinski definition) is 0. The highest BCUT2D eigenvalue weighted by Crippen LogP contribution is 2.34. The van der Waals surface area contributed by atoms with Crippen LogP contribution in [0.3, 0.4) is 0 Å². The van der Waals surface area contributed by atoms with Crippen molar-refractivity contribution in [2.45, 2.75) is 6.92 Å². The van der Waals surface area contributed by atoms with Crippen LogP contribution in [0.2, 0.25) is 0 Å². The van der Waals surface area contributed by atoms with E-state index in [1.165, 1.54) is 25.3 Å². The number of ether oxygens (including phenoxy) is 2. The highest BCUT2D eigenvalue weighted by Gasteiger charge is 2.19. The molecule has 0 saturated carbocycles. The molecule has 0 N–H and O–H groups in total. The second-order valence-corrected chi connectivity index (χ2v) is 4.43. The van der Waals surface area contributed by atoms with E-state index in [-0.39, 0.29) is 12.3 Å². The van der Waals surface area contributed by atoms with Gasteiger partial charge in [-0.25, -0.2) is 4.79 Å². The summed E-state index contributed by atoms with van der Waals surface area (Å²) in [4.78, 5) is 21.9. The number of hydrogen-bond acceptors (Lipinski definition) is 6. The summed E-state index contributed by atoms with van der Waals surface area (Å²) in [5, 5.41) is 11.2. The fraction of sp³-hybridized carbons (Fsp3) is 0.188. The first kappa shape index (κ1) is 16.3. The van der Waals surface area contributed by atoms with Crippen LogP contribution in [0.1, 0.15) is 12.7 Å². The van der Waals surface area contributed by atoms with Gasteiger partial charge in [-0.05, 0) is 37.3 Å². The second kappa shape index (κ2) is 7.26. The number of nitro groups is 1. The molecule has 1 aromatic carbocycles. The summed E-state index contributed by atoms with van der Waals surface area (Å²) in [6.07, 6.45) is 2.67. The lowest BCUT2D eigenvalue weighted by Gasteiger charge is -2.03. The highest BCUT2D eigenvalue weighted by atomic mass is 16.6. The smallest absolute Gasteiger partial charge is 0.330 e. The minimum atomic E-state index is -0.505. The zero-order valence-corrected chi connectivity index (χ0v) is 12.6. The molecule has 1 aromatic heterocycles. The van der Waals surface area contributed by atoms with Crippen molar-refractivity contribution in [2.75, 3.05) is 13.7 Å². The Morgan fingerprint density at radius 3 is 2.78 bits per heavy atom. The van der Waals surface area contributed by atoms with Crippen LogP contribution in [0, 0.1) is 10.1 Å². The van der Waals surface area contributed by atoms with Crippen LogP contribution in [0.4, 0.5) is 5.69 Å². The third kappa shape index (κ3) is 3.97. The lowest BCUT2D eigenvalue weighted by Crippen LogP contribution is -1.98. The Bertz CT molecular complexity index is 747. The Kier molecular flexibility index (Phi) is 5.14. The molecule has 0 aliphatic heterocycles. The van der Waals surface area contributed by atoms with Crippen LogP contribution in [0.25, 0.3) is 17.4 Å². The Hall–Kier alpha value is -3.09. The third-order valence-corrected chi connectivity index (χ3v) is 2.96. The number of rotatable bonds is 6. The van der Waals surface area contributed by atoms with Crippen molar-refractivity contribution in [3.63, 3.8) is 0 Å². The number of furan rings is 1. The van der Waals surface area contributed by atoms with Gasteiger partial charge in [0.25, 0.3) is 5.69 Å². The molecule has 0 spiro atoms. The molecule has 0 saturated heterocycles. The number of benzene rings is 1. The lowest BCUT2D eigenvalue weighted by atomic mass is 10.1. The van der Waals surface area contributed by atoms with E-state index in [2.05, 4.69) is 0 Å². The molecule has 0 aliphatic carbocycles. The predicted molar refractivity (Wildman–Crippen MR) is 83.0 cm³/mol. The van der Waals surface area contributed by atoms with E-state index >= 15 is 0 Å². The summed E-state index contributed by atoms with van der Waals surface area (Å²) in [6, 6.07) is 7.69. The van der Waals surface area contributed by atoms with Crippen molar-refractivity contribution in [2.24, 2.45) is 0 Å². The summed E-state index contributed by atoms with van der Waals surface area (Å²) in [7, 11) is 1.43. The quantitative estimate of drug-likeness (QED) is 0.351. The molecule has 23 heavy (non-hydrogen) atoms. The van der Waals surface area contributed by atoms with E-state index in [1.807, 2.05) is 0 Å². The maximum absolute atomic E-state index is 11.3. The van der Waals surface area contributed by atoms with Crippen molar-refractivity contribution in [3.8, 4) is 17.1 Å². The summed E-state index contributed by atoms with van der Waals surface area (Å²) in [5.74, 6) is 0.608. The molecule has 0 radical (unpaired) electrons. The fourth-order valence-corrected chi connectivity index (χ4v) is 1.93. The minimum absolute atomic E-state index is 0.125. The van der Waals surface area contributed by atoms with Gasteiger partial charge in [0.2, 0.25) is 0 Å². The van der Waals surface area contributed by atoms with Crippen LogP contribution >= 0.6 is 0 Å². The van der Waals surface area contributed by atoms with Crippen LogP contribution < -0.4 is 4.74 Å². The number of nitro benzene ring substituents is 1. The molecule has 2 aromatic rings. The van der Waals surface area contributed by atoms with Crippen LogP contribution in [-0.2, 0) is 9.53 Å². The maximum atomic E-state index is 11.3. The van der Waals surface area contributed by atoms with Gasteiger partial charge < -0.3 is 13.9 Å². The molecule has 0 unspecified atom stereocenters. The van der Waals surface area contributed by atoms with Crippen molar-refractivity contribution in [3.05, 3.63) is 52.3 Å². The summed E-state index contributed by atoms with van der Waals surface area (Å²) < 4.78 is 15.3. The van der Waals surface area contributed by atoms with Crippen molar-refractivity contribution >= 4 is 17.7 Å². The second-order valence-electron chi connectivity index (χ2n) is 4.43. The van der Waals surface area contributed by atoms with Crippen LogP contribution in [-0.4, -0.2) is 24.6 Å². The molecule has 0 amide bonds. The fourth-order valence-electron chi connectivity index (χ4n) is 1.93. The molecule has 0 fully saturated rings. The number of esters is 1. The number of methoxy groups -OCH3 is 1.